The van der Waals surface area contributed by atoms with Crippen molar-refractivity contribution in [3.05, 3.63) is 131 Å². The molecular formula is C34H29N5O2. The van der Waals surface area contributed by atoms with Gasteiger partial charge in [0, 0.05) is 11.3 Å². The van der Waals surface area contributed by atoms with E-state index in [2.05, 4.69) is 41.7 Å². The molecule has 7 heteroatoms. The quantitative estimate of drug-likeness (QED) is 0.309. The lowest BCUT2D eigenvalue weighted by molar-refractivity contribution is -0.110. The first-order valence-electron chi connectivity index (χ1n) is 13.8. The van der Waals surface area contributed by atoms with Gasteiger partial charge in [0.05, 0.1) is 24.5 Å². The predicted octanol–water partition coefficient (Wildman–Crippen LogP) is 6.63. The third-order valence-corrected chi connectivity index (χ3v) is 7.76. The fourth-order valence-corrected chi connectivity index (χ4v) is 5.85. The molecule has 1 N–H and O–H groups in total. The van der Waals surface area contributed by atoms with Crippen molar-refractivity contribution in [1.29, 1.82) is 0 Å². The van der Waals surface area contributed by atoms with Crippen LogP contribution in [0, 0.1) is 0 Å². The zero-order chi connectivity index (χ0) is 27.8. The van der Waals surface area contributed by atoms with Crippen LogP contribution in [-0.4, -0.2) is 29.7 Å². The average Bonchev–Trinajstić information content (AvgIpc) is 3.31. The molecule has 0 aromatic heterocycles. The van der Waals surface area contributed by atoms with Gasteiger partial charge < -0.3 is 10.1 Å². The van der Waals surface area contributed by atoms with E-state index in [0.717, 1.165) is 47.5 Å². The van der Waals surface area contributed by atoms with Gasteiger partial charge in [0.15, 0.2) is 0 Å². The lowest BCUT2D eigenvalue weighted by Gasteiger charge is -2.37. The number of hydrazone groups is 1. The lowest BCUT2D eigenvalue weighted by Crippen LogP contribution is -2.46. The summed E-state index contributed by atoms with van der Waals surface area (Å²) in [4.78, 5) is 21.3. The second kappa shape index (κ2) is 10.4. The summed E-state index contributed by atoms with van der Waals surface area (Å²) in [7, 11) is 1.67. The van der Waals surface area contributed by atoms with Gasteiger partial charge in [0.25, 0.3) is 5.91 Å². The van der Waals surface area contributed by atoms with Gasteiger partial charge in [-0.25, -0.2) is 4.99 Å². The number of guanidine groups is 1. The Morgan fingerprint density at radius 2 is 1.56 bits per heavy atom. The first-order valence-corrected chi connectivity index (χ1v) is 13.8. The van der Waals surface area contributed by atoms with Crippen molar-refractivity contribution in [3.8, 4) is 5.75 Å². The van der Waals surface area contributed by atoms with E-state index in [1.54, 1.807) is 12.1 Å². The van der Waals surface area contributed by atoms with Crippen LogP contribution >= 0.6 is 0 Å². The number of ether oxygens (including phenoxy) is 1. The third kappa shape index (κ3) is 4.45. The number of benzene rings is 4. The number of nitrogens with zero attached hydrogens (tertiary/aromatic N) is 4. The van der Waals surface area contributed by atoms with Crippen molar-refractivity contribution in [2.75, 3.05) is 17.4 Å². The highest BCUT2D eigenvalue weighted by molar-refractivity contribution is 6.47. The summed E-state index contributed by atoms with van der Waals surface area (Å²) in [5.74, 6) is 1.38. The van der Waals surface area contributed by atoms with E-state index < -0.39 is 0 Å². The van der Waals surface area contributed by atoms with E-state index in [0.29, 0.717) is 17.5 Å². The van der Waals surface area contributed by atoms with E-state index in [9.17, 15) is 4.79 Å². The van der Waals surface area contributed by atoms with E-state index in [1.807, 2.05) is 77.7 Å². The van der Waals surface area contributed by atoms with E-state index in [4.69, 9.17) is 14.8 Å². The summed E-state index contributed by atoms with van der Waals surface area (Å²) in [5.41, 5.74) is 7.15. The molecule has 0 radical (unpaired) electrons. The topological polar surface area (TPSA) is 69.5 Å². The minimum absolute atomic E-state index is 0.274. The molecule has 7 nitrogen and oxygen atoms in total. The van der Waals surface area contributed by atoms with Crippen LogP contribution < -0.4 is 15.1 Å². The largest absolute Gasteiger partial charge is 0.497 e. The van der Waals surface area contributed by atoms with Crippen LogP contribution in [0.15, 0.2) is 125 Å². The van der Waals surface area contributed by atoms with Crippen LogP contribution in [-0.2, 0) is 11.2 Å². The number of carbonyl (C=O) groups excluding carboxylic acids is 1. The number of aliphatic imine (C=N–C) groups is 1. The number of carbonyl (C=O) groups is 1. The number of aryl methyl sites for hydroxylation is 1. The zero-order valence-electron chi connectivity index (χ0n) is 22.7. The Kier molecular flexibility index (Phi) is 6.32. The summed E-state index contributed by atoms with van der Waals surface area (Å²) in [5, 5.41) is 9.76. The van der Waals surface area contributed by atoms with Crippen molar-refractivity contribution < 1.29 is 9.53 Å². The summed E-state index contributed by atoms with van der Waals surface area (Å²) < 4.78 is 5.47. The summed E-state index contributed by atoms with van der Waals surface area (Å²) in [6.45, 7) is 0. The number of anilines is 2. The maximum absolute atomic E-state index is 13.9. The molecule has 1 atom stereocenters. The van der Waals surface area contributed by atoms with Crippen LogP contribution in [0.1, 0.15) is 35.6 Å². The van der Waals surface area contributed by atoms with Crippen molar-refractivity contribution in [2.24, 2.45) is 10.1 Å². The van der Waals surface area contributed by atoms with E-state index in [1.165, 1.54) is 11.1 Å². The SMILES string of the molecule is COc1ccc(C2C3=C(N=C4N(c5ccccc5)N=C(C(=O)Nc5ccccc5)N42)c2ccccc2CCC3)cc1. The summed E-state index contributed by atoms with van der Waals surface area (Å²) in [6, 6.07) is 35.7. The zero-order valence-corrected chi connectivity index (χ0v) is 22.7. The number of rotatable bonds is 5. The van der Waals surface area contributed by atoms with E-state index in [-0.39, 0.29) is 11.9 Å². The molecule has 3 aliphatic rings. The molecule has 2 aliphatic heterocycles. The highest BCUT2D eigenvalue weighted by atomic mass is 16.5. The highest BCUT2D eigenvalue weighted by Crippen LogP contribution is 2.46. The van der Waals surface area contributed by atoms with Gasteiger partial charge in [-0.05, 0) is 72.4 Å². The van der Waals surface area contributed by atoms with Gasteiger partial charge in [-0.3, -0.25) is 9.69 Å². The van der Waals surface area contributed by atoms with Crippen molar-refractivity contribution >= 4 is 34.8 Å². The predicted molar refractivity (Wildman–Crippen MR) is 163 cm³/mol. The Morgan fingerprint density at radius 1 is 0.854 bits per heavy atom. The number of fused-ring (bicyclic) bond motifs is 3. The van der Waals surface area contributed by atoms with Crippen LogP contribution in [0.25, 0.3) is 5.70 Å². The van der Waals surface area contributed by atoms with Gasteiger partial charge in [0.1, 0.15) is 5.75 Å². The number of amides is 1. The van der Waals surface area contributed by atoms with Crippen molar-refractivity contribution in [2.45, 2.75) is 25.3 Å². The molecule has 1 aliphatic carbocycles. The minimum Gasteiger partial charge on any atom is -0.497 e. The molecule has 202 valence electrons. The molecule has 1 unspecified atom stereocenters. The molecule has 0 fully saturated rings. The minimum atomic E-state index is -0.293. The number of hydrogen-bond donors (Lipinski definition) is 1. The van der Waals surface area contributed by atoms with Crippen molar-refractivity contribution in [3.63, 3.8) is 0 Å². The third-order valence-electron chi connectivity index (χ3n) is 7.76. The molecule has 4 aromatic carbocycles. The first kappa shape index (κ1) is 24.8. The van der Waals surface area contributed by atoms with Crippen LogP contribution in [0.3, 0.4) is 0 Å². The second-order valence-electron chi connectivity index (χ2n) is 10.2. The number of hydrogen-bond acceptors (Lipinski definition) is 6. The fourth-order valence-electron chi connectivity index (χ4n) is 5.85. The Labute approximate surface area is 239 Å². The molecule has 0 saturated heterocycles. The Balaban J connectivity index is 1.43. The van der Waals surface area contributed by atoms with Gasteiger partial charge in [-0.2, -0.15) is 5.01 Å². The molecule has 7 rings (SSSR count). The van der Waals surface area contributed by atoms with Gasteiger partial charge in [-0.1, -0.05) is 72.8 Å². The smallest absolute Gasteiger partial charge is 0.293 e. The fraction of sp³-hybridized carbons (Fsp3) is 0.147. The molecule has 4 aromatic rings. The van der Waals surface area contributed by atoms with Gasteiger partial charge in [0.2, 0.25) is 11.8 Å². The summed E-state index contributed by atoms with van der Waals surface area (Å²) >= 11 is 0. The van der Waals surface area contributed by atoms with E-state index >= 15 is 0 Å². The Hall–Kier alpha value is -5.17. The molecule has 0 saturated carbocycles. The van der Waals surface area contributed by atoms with Crippen molar-refractivity contribution in [1.82, 2.24) is 4.90 Å². The maximum atomic E-state index is 13.9. The molecule has 1 amide bonds. The maximum Gasteiger partial charge on any atom is 0.293 e. The van der Waals surface area contributed by atoms with Crippen LogP contribution in [0.2, 0.25) is 0 Å². The Morgan fingerprint density at radius 3 is 2.32 bits per heavy atom. The summed E-state index contributed by atoms with van der Waals surface area (Å²) in [6.07, 6.45) is 2.82. The molecule has 0 spiro atoms. The van der Waals surface area contributed by atoms with Gasteiger partial charge >= 0.3 is 0 Å². The number of amidine groups is 1. The molecule has 41 heavy (non-hydrogen) atoms. The molecule has 0 bridgehead atoms. The van der Waals surface area contributed by atoms with Gasteiger partial charge in [-0.15, -0.1) is 5.10 Å². The normalized spacial score (nSPS) is 17.5. The highest BCUT2D eigenvalue weighted by Gasteiger charge is 2.45. The monoisotopic (exact) mass is 539 g/mol. The number of methoxy groups -OCH3 is 1. The second-order valence-corrected chi connectivity index (χ2v) is 10.2. The molecular weight excluding hydrogens is 510 g/mol. The van der Waals surface area contributed by atoms with Crippen LogP contribution in [0.5, 0.6) is 5.75 Å². The number of para-hydroxylation sites is 2. The first-order chi connectivity index (χ1) is 20.2. The Bertz CT molecular complexity index is 1690. The van der Waals surface area contributed by atoms with Crippen LogP contribution in [0.4, 0.5) is 11.4 Å². The standard InChI is InChI=1S/C34H29N5O2/c1-41-27-21-19-24(20-22-27)31-29-18-10-12-23-11-8-9-17-28(23)30(29)36-34-38(31)32(33(40)35-25-13-4-2-5-14-25)37-39(34)26-15-6-3-7-16-26/h2-9,11,13-17,19-22,31H,10,12,18H2,1H3,(H,35,40). The lowest BCUT2D eigenvalue weighted by atomic mass is 9.90. The number of nitrogens with one attached hydrogen (secondary N) is 1. The molecule has 2 heterocycles. The average molecular weight is 540 g/mol.